The molecule has 0 aliphatic carbocycles. The van der Waals surface area contributed by atoms with Gasteiger partial charge >= 0.3 is 18.9 Å². The van der Waals surface area contributed by atoms with Gasteiger partial charge in [0.05, 0.1) is 0 Å². The van der Waals surface area contributed by atoms with Gasteiger partial charge in [-0.1, -0.05) is 6.42 Å². The van der Waals surface area contributed by atoms with Gasteiger partial charge in [-0.05, 0) is 13.6 Å². The predicted molar refractivity (Wildman–Crippen MR) is 39.7 cm³/mol. The van der Waals surface area contributed by atoms with E-state index in [2.05, 4.69) is 18.4 Å². The van der Waals surface area contributed by atoms with Crippen molar-refractivity contribution >= 4 is 6.47 Å². The Labute approximate surface area is 79.9 Å². The second-order valence-corrected chi connectivity index (χ2v) is 2.30. The van der Waals surface area contributed by atoms with Gasteiger partial charge in [0.25, 0.3) is 6.47 Å². The molecule has 0 aromatic heterocycles. The molecule has 1 N–H and O–H groups in total. The molecular formula is C7H14LiNO2. The Morgan fingerprint density at radius 1 is 1.64 bits per heavy atom. The summed E-state index contributed by atoms with van der Waals surface area (Å²) in [7, 11) is 2.16. The first-order chi connectivity index (χ1) is 4.81. The molecule has 1 heterocycles. The first-order valence-electron chi connectivity index (χ1n) is 3.39. The molecule has 3 nitrogen and oxygen atoms in total. The number of carboxylic acid groups (broad SMARTS) is 1. The number of carbonyl (C=O) groups is 1. The quantitative estimate of drug-likeness (QED) is 0.239. The Morgan fingerprint density at radius 3 is 2.36 bits per heavy atom. The molecule has 0 saturated carbocycles. The molecule has 0 aromatic rings. The fraction of sp³-hybridized carbons (Fsp3) is 0.714. The monoisotopic (exact) mass is 151 g/mol. The zero-order valence-corrected chi connectivity index (χ0v) is 7.29. The van der Waals surface area contributed by atoms with Gasteiger partial charge in [-0.25, -0.2) is 0 Å². The van der Waals surface area contributed by atoms with Crippen molar-refractivity contribution in [3.05, 3.63) is 6.42 Å². The summed E-state index contributed by atoms with van der Waals surface area (Å²) < 4.78 is 0. The van der Waals surface area contributed by atoms with Crippen LogP contribution in [0.1, 0.15) is 12.8 Å². The van der Waals surface area contributed by atoms with Gasteiger partial charge in [0, 0.05) is 0 Å². The predicted octanol–water partition coefficient (Wildman–Crippen LogP) is -2.38. The second kappa shape index (κ2) is 10.0. The van der Waals surface area contributed by atoms with E-state index in [9.17, 15) is 0 Å². The molecule has 0 amide bonds. The molecule has 4 heteroatoms. The van der Waals surface area contributed by atoms with Crippen molar-refractivity contribution in [1.29, 1.82) is 0 Å². The van der Waals surface area contributed by atoms with E-state index in [1.54, 1.807) is 0 Å². The van der Waals surface area contributed by atoms with Gasteiger partial charge in [0.2, 0.25) is 0 Å². The van der Waals surface area contributed by atoms with Crippen molar-refractivity contribution < 1.29 is 28.8 Å². The van der Waals surface area contributed by atoms with E-state index in [-0.39, 0.29) is 25.3 Å². The smallest absolute Gasteiger partial charge is 0.483 e. The average molecular weight is 151 g/mol. The standard InChI is InChI=1S/C6H12N.CH2O2.Li/c1-7-5-3-2-4-6-7;2-1-3;/h3H,2,4-6H2,1H3;1H,(H,2,3);/q-1;;+1. The Balaban J connectivity index is 0. The molecule has 0 radical (unpaired) electrons. The van der Waals surface area contributed by atoms with Crippen LogP contribution in [0.3, 0.4) is 0 Å². The van der Waals surface area contributed by atoms with E-state index in [1.807, 2.05) is 0 Å². The summed E-state index contributed by atoms with van der Waals surface area (Å²) in [5.74, 6) is 0. The summed E-state index contributed by atoms with van der Waals surface area (Å²) in [6.07, 6.45) is 5.02. The third-order valence-electron chi connectivity index (χ3n) is 1.39. The summed E-state index contributed by atoms with van der Waals surface area (Å²) in [6, 6.07) is 0. The van der Waals surface area contributed by atoms with Gasteiger partial charge in [0.15, 0.2) is 0 Å². The van der Waals surface area contributed by atoms with Crippen molar-refractivity contribution in [2.45, 2.75) is 12.8 Å². The maximum atomic E-state index is 8.36. The van der Waals surface area contributed by atoms with Gasteiger partial charge in [-0.15, -0.1) is 6.54 Å². The maximum absolute atomic E-state index is 8.36. The first-order valence-corrected chi connectivity index (χ1v) is 3.39. The minimum absolute atomic E-state index is 0. The summed E-state index contributed by atoms with van der Waals surface area (Å²) in [5.41, 5.74) is 0. The topological polar surface area (TPSA) is 40.5 Å². The minimum Gasteiger partial charge on any atom is -0.483 e. The average Bonchev–Trinajstić information content (AvgIpc) is 1.91. The summed E-state index contributed by atoms with van der Waals surface area (Å²) in [6.45, 7) is 2.23. The molecule has 0 atom stereocenters. The molecule has 1 aliphatic rings. The zero-order valence-electron chi connectivity index (χ0n) is 7.29. The minimum atomic E-state index is -0.250. The molecule has 60 valence electrons. The Bertz CT molecular complexity index is 84.5. The first kappa shape index (κ1) is 13.6. The van der Waals surface area contributed by atoms with E-state index < -0.39 is 0 Å². The summed E-state index contributed by atoms with van der Waals surface area (Å²) >= 11 is 0. The van der Waals surface area contributed by atoms with Crippen LogP contribution >= 0.6 is 0 Å². The van der Waals surface area contributed by atoms with Crippen LogP contribution in [0.5, 0.6) is 0 Å². The maximum Gasteiger partial charge on any atom is 1.00 e. The Morgan fingerprint density at radius 2 is 2.18 bits per heavy atom. The zero-order chi connectivity index (χ0) is 7.82. The fourth-order valence-electron chi connectivity index (χ4n) is 0.909. The molecule has 0 spiro atoms. The van der Waals surface area contributed by atoms with E-state index in [1.165, 1.54) is 25.9 Å². The van der Waals surface area contributed by atoms with Crippen LogP contribution in [0.15, 0.2) is 0 Å². The molecule has 1 aliphatic heterocycles. The van der Waals surface area contributed by atoms with Crippen LogP contribution in [-0.2, 0) is 4.79 Å². The van der Waals surface area contributed by atoms with Gasteiger partial charge in [-0.3, -0.25) is 4.79 Å². The SMILES string of the molecule is CN1C[CH-]CCC1.O=CO.[Li+]. The van der Waals surface area contributed by atoms with Crippen LogP contribution in [0, 0.1) is 6.42 Å². The number of piperidine rings is 1. The largest absolute Gasteiger partial charge is 1.00 e. The van der Waals surface area contributed by atoms with Gasteiger partial charge in [0.1, 0.15) is 0 Å². The third-order valence-corrected chi connectivity index (χ3v) is 1.39. The Hall–Kier alpha value is 0.0274. The van der Waals surface area contributed by atoms with Crippen LogP contribution in [0.2, 0.25) is 0 Å². The van der Waals surface area contributed by atoms with Crippen molar-refractivity contribution in [1.82, 2.24) is 4.90 Å². The molecule has 0 aromatic carbocycles. The molecule has 1 rings (SSSR count). The Kier molecular flexibility index (Phi) is 12.4. The van der Waals surface area contributed by atoms with Crippen molar-refractivity contribution in [3.63, 3.8) is 0 Å². The molecule has 1 fully saturated rings. The fourth-order valence-corrected chi connectivity index (χ4v) is 0.909. The van der Waals surface area contributed by atoms with Crippen LogP contribution in [-0.4, -0.2) is 36.6 Å². The summed E-state index contributed by atoms with van der Waals surface area (Å²) in [4.78, 5) is 10.7. The molecule has 0 bridgehead atoms. The van der Waals surface area contributed by atoms with Crippen LogP contribution in [0.25, 0.3) is 0 Å². The number of nitrogens with zero attached hydrogens (tertiary/aromatic N) is 1. The van der Waals surface area contributed by atoms with E-state index in [0.717, 1.165) is 0 Å². The van der Waals surface area contributed by atoms with Crippen LogP contribution < -0.4 is 18.9 Å². The van der Waals surface area contributed by atoms with Crippen molar-refractivity contribution in [2.75, 3.05) is 20.1 Å². The molecular weight excluding hydrogens is 137 g/mol. The third kappa shape index (κ3) is 10.0. The number of hydrogen-bond acceptors (Lipinski definition) is 2. The molecule has 11 heavy (non-hydrogen) atoms. The normalized spacial score (nSPS) is 17.2. The second-order valence-electron chi connectivity index (χ2n) is 2.30. The van der Waals surface area contributed by atoms with Gasteiger partial charge < -0.3 is 16.4 Å². The number of rotatable bonds is 0. The number of hydrogen-bond donors (Lipinski definition) is 1. The van der Waals surface area contributed by atoms with Crippen LogP contribution in [0.4, 0.5) is 0 Å². The summed E-state index contributed by atoms with van der Waals surface area (Å²) in [5, 5.41) is 6.89. The van der Waals surface area contributed by atoms with E-state index in [4.69, 9.17) is 9.90 Å². The number of likely N-dealkylation sites (tertiary alicyclic amines) is 1. The van der Waals surface area contributed by atoms with E-state index >= 15 is 0 Å². The molecule has 1 saturated heterocycles. The van der Waals surface area contributed by atoms with Crippen molar-refractivity contribution in [3.8, 4) is 0 Å². The molecule has 0 unspecified atom stereocenters. The van der Waals surface area contributed by atoms with Crippen molar-refractivity contribution in [2.24, 2.45) is 0 Å². The van der Waals surface area contributed by atoms with E-state index in [0.29, 0.717) is 0 Å². The van der Waals surface area contributed by atoms with Gasteiger partial charge in [-0.2, -0.15) is 6.42 Å².